The molecule has 3 rings (SSSR count). The molecular weight excluding hydrogens is 368 g/mol. The van der Waals surface area contributed by atoms with Gasteiger partial charge in [0.2, 0.25) is 0 Å². The first kappa shape index (κ1) is 16.9. The Labute approximate surface area is 150 Å². The predicted molar refractivity (Wildman–Crippen MR) is 99.5 cm³/mol. The third kappa shape index (κ3) is 4.12. The Morgan fingerprint density at radius 2 is 1.92 bits per heavy atom. The SMILES string of the molecule is Cc1nc(NC2CCCC2)cc(C(=O)Nc2ccc(Br)cc2C)n1. The van der Waals surface area contributed by atoms with Crippen LogP contribution in [-0.4, -0.2) is 21.9 Å². The highest BCUT2D eigenvalue weighted by atomic mass is 79.9. The molecule has 0 unspecified atom stereocenters. The lowest BCUT2D eigenvalue weighted by atomic mass is 10.2. The van der Waals surface area contributed by atoms with Gasteiger partial charge in [-0.1, -0.05) is 28.8 Å². The normalized spacial score (nSPS) is 14.6. The second-order valence-electron chi connectivity index (χ2n) is 6.22. The summed E-state index contributed by atoms with van der Waals surface area (Å²) < 4.78 is 0.985. The number of hydrogen-bond acceptors (Lipinski definition) is 4. The Morgan fingerprint density at radius 1 is 1.17 bits per heavy atom. The van der Waals surface area contributed by atoms with Gasteiger partial charge in [0, 0.05) is 22.3 Å². The first-order valence-electron chi connectivity index (χ1n) is 8.21. The van der Waals surface area contributed by atoms with Crippen LogP contribution in [0.1, 0.15) is 47.6 Å². The van der Waals surface area contributed by atoms with Crippen molar-refractivity contribution in [3.8, 4) is 0 Å². The van der Waals surface area contributed by atoms with Crippen LogP contribution >= 0.6 is 15.9 Å². The lowest BCUT2D eigenvalue weighted by Crippen LogP contribution is -2.19. The zero-order valence-electron chi connectivity index (χ0n) is 13.9. The van der Waals surface area contributed by atoms with E-state index in [1.54, 1.807) is 6.07 Å². The van der Waals surface area contributed by atoms with Crippen molar-refractivity contribution in [2.24, 2.45) is 0 Å². The van der Waals surface area contributed by atoms with Gasteiger partial charge >= 0.3 is 0 Å². The van der Waals surface area contributed by atoms with Crippen molar-refractivity contribution in [3.63, 3.8) is 0 Å². The molecule has 5 nitrogen and oxygen atoms in total. The molecule has 2 aromatic rings. The van der Waals surface area contributed by atoms with Crippen molar-refractivity contribution < 1.29 is 4.79 Å². The zero-order valence-corrected chi connectivity index (χ0v) is 15.5. The molecule has 1 amide bonds. The Hall–Kier alpha value is -1.95. The molecule has 24 heavy (non-hydrogen) atoms. The Balaban J connectivity index is 1.77. The van der Waals surface area contributed by atoms with Crippen LogP contribution in [-0.2, 0) is 0 Å². The molecule has 0 spiro atoms. The van der Waals surface area contributed by atoms with Gasteiger partial charge in [0.1, 0.15) is 17.3 Å². The van der Waals surface area contributed by atoms with E-state index in [-0.39, 0.29) is 5.91 Å². The van der Waals surface area contributed by atoms with Gasteiger partial charge in [0.25, 0.3) is 5.91 Å². The van der Waals surface area contributed by atoms with Crippen molar-refractivity contribution in [2.75, 3.05) is 10.6 Å². The van der Waals surface area contributed by atoms with E-state index >= 15 is 0 Å². The molecule has 1 aliphatic carbocycles. The highest BCUT2D eigenvalue weighted by Crippen LogP contribution is 2.23. The predicted octanol–water partition coefficient (Wildman–Crippen LogP) is 4.46. The van der Waals surface area contributed by atoms with Gasteiger partial charge in [-0.25, -0.2) is 9.97 Å². The summed E-state index contributed by atoms with van der Waals surface area (Å²) in [5, 5.41) is 6.35. The maximum atomic E-state index is 12.6. The number of nitrogens with one attached hydrogen (secondary N) is 2. The van der Waals surface area contributed by atoms with E-state index in [1.807, 2.05) is 32.0 Å². The van der Waals surface area contributed by atoms with E-state index in [4.69, 9.17) is 0 Å². The summed E-state index contributed by atoms with van der Waals surface area (Å²) in [4.78, 5) is 21.2. The van der Waals surface area contributed by atoms with Crippen molar-refractivity contribution in [1.29, 1.82) is 0 Å². The Bertz CT molecular complexity index is 757. The summed E-state index contributed by atoms with van der Waals surface area (Å²) in [6.07, 6.45) is 4.81. The molecule has 1 saturated carbocycles. The first-order chi connectivity index (χ1) is 11.5. The molecule has 1 aromatic carbocycles. The number of benzene rings is 1. The monoisotopic (exact) mass is 388 g/mol. The quantitative estimate of drug-likeness (QED) is 0.810. The average molecular weight is 389 g/mol. The average Bonchev–Trinajstić information content (AvgIpc) is 3.02. The number of aromatic nitrogens is 2. The van der Waals surface area contributed by atoms with Crippen molar-refractivity contribution in [1.82, 2.24) is 9.97 Å². The number of anilines is 2. The lowest BCUT2D eigenvalue weighted by molar-refractivity contribution is 0.102. The molecule has 1 aliphatic rings. The fourth-order valence-electron chi connectivity index (χ4n) is 2.99. The molecule has 0 radical (unpaired) electrons. The van der Waals surface area contributed by atoms with E-state index in [0.717, 1.165) is 34.4 Å². The van der Waals surface area contributed by atoms with Crippen LogP contribution in [0.4, 0.5) is 11.5 Å². The number of nitrogens with zero attached hydrogens (tertiary/aromatic N) is 2. The number of rotatable bonds is 4. The molecule has 0 atom stereocenters. The summed E-state index contributed by atoms with van der Waals surface area (Å²) in [5.41, 5.74) is 2.16. The van der Waals surface area contributed by atoms with Gasteiger partial charge < -0.3 is 10.6 Å². The molecule has 0 aliphatic heterocycles. The largest absolute Gasteiger partial charge is 0.367 e. The second-order valence-corrected chi connectivity index (χ2v) is 7.14. The van der Waals surface area contributed by atoms with E-state index in [2.05, 4.69) is 36.5 Å². The van der Waals surface area contributed by atoms with Crippen molar-refractivity contribution in [2.45, 2.75) is 45.6 Å². The molecule has 6 heteroatoms. The van der Waals surface area contributed by atoms with Crippen LogP contribution in [0.15, 0.2) is 28.7 Å². The van der Waals surface area contributed by atoms with Crippen LogP contribution in [0.25, 0.3) is 0 Å². The summed E-state index contributed by atoms with van der Waals surface area (Å²) in [7, 11) is 0. The van der Waals surface area contributed by atoms with Gasteiger partial charge in [0.15, 0.2) is 0 Å². The van der Waals surface area contributed by atoms with Gasteiger partial charge in [0.05, 0.1) is 0 Å². The highest BCUT2D eigenvalue weighted by Gasteiger charge is 2.17. The number of carbonyl (C=O) groups is 1. The van der Waals surface area contributed by atoms with E-state index < -0.39 is 0 Å². The maximum absolute atomic E-state index is 12.6. The second kappa shape index (κ2) is 7.30. The third-order valence-electron chi connectivity index (χ3n) is 4.21. The van der Waals surface area contributed by atoms with Crippen molar-refractivity contribution >= 4 is 33.3 Å². The lowest BCUT2D eigenvalue weighted by Gasteiger charge is -2.14. The Morgan fingerprint density at radius 3 is 2.62 bits per heavy atom. The van der Waals surface area contributed by atoms with Crippen LogP contribution < -0.4 is 10.6 Å². The minimum Gasteiger partial charge on any atom is -0.367 e. The number of amides is 1. The van der Waals surface area contributed by atoms with Gasteiger partial charge in [-0.2, -0.15) is 0 Å². The summed E-state index contributed by atoms with van der Waals surface area (Å²) in [6, 6.07) is 7.93. The molecule has 126 valence electrons. The number of carbonyl (C=O) groups excluding carboxylic acids is 1. The van der Waals surface area contributed by atoms with Crippen LogP contribution in [0.3, 0.4) is 0 Å². The first-order valence-corrected chi connectivity index (χ1v) is 9.00. The Kier molecular flexibility index (Phi) is 5.14. The summed E-state index contributed by atoms with van der Waals surface area (Å²) in [5.74, 6) is 1.10. The standard InChI is InChI=1S/C18H21BrN4O/c1-11-9-13(19)7-8-15(11)23-18(24)16-10-17(21-12(2)20-16)22-14-5-3-4-6-14/h7-10,14H,3-6H2,1-2H3,(H,23,24)(H,20,21,22). The molecular formula is C18H21BrN4O. The summed E-state index contributed by atoms with van der Waals surface area (Å²) in [6.45, 7) is 3.76. The fraction of sp³-hybridized carbons (Fsp3) is 0.389. The van der Waals surface area contributed by atoms with Gasteiger partial charge in [-0.3, -0.25) is 4.79 Å². The molecule has 1 aromatic heterocycles. The minimum atomic E-state index is -0.222. The van der Waals surface area contributed by atoms with E-state index in [1.165, 1.54) is 12.8 Å². The smallest absolute Gasteiger partial charge is 0.274 e. The van der Waals surface area contributed by atoms with Gasteiger partial charge in [-0.05, 0) is 50.5 Å². The van der Waals surface area contributed by atoms with Crippen LogP contribution in [0.5, 0.6) is 0 Å². The summed E-state index contributed by atoms with van der Waals surface area (Å²) >= 11 is 3.43. The number of aryl methyl sites for hydroxylation is 2. The maximum Gasteiger partial charge on any atom is 0.274 e. The van der Waals surface area contributed by atoms with Gasteiger partial charge in [-0.15, -0.1) is 0 Å². The van der Waals surface area contributed by atoms with Crippen molar-refractivity contribution in [3.05, 3.63) is 45.8 Å². The fourth-order valence-corrected chi connectivity index (χ4v) is 3.47. The van der Waals surface area contributed by atoms with E-state index in [9.17, 15) is 4.79 Å². The highest BCUT2D eigenvalue weighted by molar-refractivity contribution is 9.10. The number of hydrogen-bond donors (Lipinski definition) is 2. The molecule has 0 bridgehead atoms. The van der Waals surface area contributed by atoms with Crippen LogP contribution in [0.2, 0.25) is 0 Å². The minimum absolute atomic E-state index is 0.222. The molecule has 2 N–H and O–H groups in total. The van der Waals surface area contributed by atoms with Crippen LogP contribution in [0, 0.1) is 13.8 Å². The molecule has 0 saturated heterocycles. The molecule has 1 heterocycles. The zero-order chi connectivity index (χ0) is 17.1. The van der Waals surface area contributed by atoms with E-state index in [0.29, 0.717) is 17.6 Å². The molecule has 1 fully saturated rings. The topological polar surface area (TPSA) is 66.9 Å². The third-order valence-corrected chi connectivity index (χ3v) is 4.71. The number of halogens is 1.